The van der Waals surface area contributed by atoms with Gasteiger partial charge in [0.15, 0.2) is 0 Å². The zero-order valence-corrected chi connectivity index (χ0v) is 12.4. The molecule has 112 valence electrons. The van der Waals surface area contributed by atoms with E-state index in [1.165, 1.54) is 11.1 Å². The SMILES string of the molecule is CNC1c2ccccc2CC1OCCCOCCOC. The molecule has 1 aliphatic carbocycles. The number of methoxy groups -OCH3 is 1. The van der Waals surface area contributed by atoms with E-state index in [0.717, 1.165) is 26.1 Å². The lowest BCUT2D eigenvalue weighted by Gasteiger charge is -2.20. The lowest BCUT2D eigenvalue weighted by atomic mass is 10.1. The number of nitrogens with one attached hydrogen (secondary N) is 1. The van der Waals surface area contributed by atoms with Crippen LogP contribution in [-0.2, 0) is 20.6 Å². The van der Waals surface area contributed by atoms with E-state index >= 15 is 0 Å². The Morgan fingerprint density at radius 3 is 2.80 bits per heavy atom. The summed E-state index contributed by atoms with van der Waals surface area (Å²) < 4.78 is 16.4. The van der Waals surface area contributed by atoms with Gasteiger partial charge in [0.2, 0.25) is 0 Å². The number of rotatable bonds is 9. The van der Waals surface area contributed by atoms with Gasteiger partial charge in [0.05, 0.1) is 25.4 Å². The monoisotopic (exact) mass is 279 g/mol. The summed E-state index contributed by atoms with van der Waals surface area (Å²) in [4.78, 5) is 0. The third-order valence-corrected chi connectivity index (χ3v) is 3.69. The summed E-state index contributed by atoms with van der Waals surface area (Å²) in [6, 6.07) is 8.87. The maximum Gasteiger partial charge on any atom is 0.0810 e. The number of benzene rings is 1. The minimum Gasteiger partial charge on any atom is -0.382 e. The number of hydrogen-bond donors (Lipinski definition) is 1. The average Bonchev–Trinajstić information content (AvgIpc) is 2.83. The van der Waals surface area contributed by atoms with Crippen LogP contribution in [0.3, 0.4) is 0 Å². The summed E-state index contributed by atoms with van der Waals surface area (Å²) in [7, 11) is 3.68. The molecule has 0 bridgehead atoms. The Hall–Kier alpha value is -0.940. The highest BCUT2D eigenvalue weighted by molar-refractivity contribution is 5.36. The zero-order chi connectivity index (χ0) is 14.2. The molecular formula is C16H25NO3. The van der Waals surface area contributed by atoms with Crippen LogP contribution in [0, 0.1) is 0 Å². The first-order valence-corrected chi connectivity index (χ1v) is 7.30. The second-order valence-electron chi connectivity index (χ2n) is 5.04. The van der Waals surface area contributed by atoms with Crippen molar-refractivity contribution in [2.45, 2.75) is 25.0 Å². The topological polar surface area (TPSA) is 39.7 Å². The van der Waals surface area contributed by atoms with Crippen LogP contribution in [0.4, 0.5) is 0 Å². The van der Waals surface area contributed by atoms with E-state index in [-0.39, 0.29) is 6.10 Å². The van der Waals surface area contributed by atoms with Crippen LogP contribution >= 0.6 is 0 Å². The molecule has 2 rings (SSSR count). The van der Waals surface area contributed by atoms with E-state index in [0.29, 0.717) is 19.3 Å². The normalized spacial score (nSPS) is 21.1. The Labute approximate surface area is 121 Å². The van der Waals surface area contributed by atoms with Gasteiger partial charge >= 0.3 is 0 Å². The molecule has 0 heterocycles. The van der Waals surface area contributed by atoms with Crippen molar-refractivity contribution in [2.24, 2.45) is 0 Å². The maximum atomic E-state index is 6.02. The first kappa shape index (κ1) is 15.4. The predicted molar refractivity (Wildman–Crippen MR) is 79.0 cm³/mol. The summed E-state index contributed by atoms with van der Waals surface area (Å²) in [5, 5.41) is 3.37. The Kier molecular flexibility index (Phi) is 6.47. The van der Waals surface area contributed by atoms with Gasteiger partial charge in [-0.3, -0.25) is 0 Å². The van der Waals surface area contributed by atoms with Crippen molar-refractivity contribution < 1.29 is 14.2 Å². The van der Waals surface area contributed by atoms with Crippen LogP contribution in [0.25, 0.3) is 0 Å². The Morgan fingerprint density at radius 2 is 2.00 bits per heavy atom. The van der Waals surface area contributed by atoms with Crippen LogP contribution < -0.4 is 5.32 Å². The zero-order valence-electron chi connectivity index (χ0n) is 12.4. The Morgan fingerprint density at radius 1 is 1.15 bits per heavy atom. The molecular weight excluding hydrogens is 254 g/mol. The van der Waals surface area contributed by atoms with Crippen LogP contribution in [0.5, 0.6) is 0 Å². The van der Waals surface area contributed by atoms with Crippen LogP contribution in [0.1, 0.15) is 23.6 Å². The van der Waals surface area contributed by atoms with Crippen LogP contribution in [0.2, 0.25) is 0 Å². The summed E-state index contributed by atoms with van der Waals surface area (Å²) in [6.07, 6.45) is 2.15. The van der Waals surface area contributed by atoms with Crippen LogP contribution in [-0.4, -0.2) is 46.7 Å². The molecule has 0 radical (unpaired) electrons. The van der Waals surface area contributed by atoms with E-state index in [9.17, 15) is 0 Å². The van der Waals surface area contributed by atoms with Gasteiger partial charge in [0.1, 0.15) is 0 Å². The van der Waals surface area contributed by atoms with Crippen LogP contribution in [0.15, 0.2) is 24.3 Å². The molecule has 4 nitrogen and oxygen atoms in total. The fraction of sp³-hybridized carbons (Fsp3) is 0.625. The van der Waals surface area contributed by atoms with E-state index in [1.54, 1.807) is 7.11 Å². The average molecular weight is 279 g/mol. The van der Waals surface area contributed by atoms with Crippen molar-refractivity contribution >= 4 is 0 Å². The molecule has 1 aromatic carbocycles. The van der Waals surface area contributed by atoms with Crippen molar-refractivity contribution in [1.82, 2.24) is 5.32 Å². The van der Waals surface area contributed by atoms with Crippen molar-refractivity contribution in [1.29, 1.82) is 0 Å². The van der Waals surface area contributed by atoms with Gasteiger partial charge in [0, 0.05) is 26.7 Å². The molecule has 0 aliphatic heterocycles. The molecule has 1 aromatic rings. The number of likely N-dealkylation sites (N-methyl/N-ethyl adjacent to an activating group) is 1. The second-order valence-corrected chi connectivity index (χ2v) is 5.04. The van der Waals surface area contributed by atoms with Gasteiger partial charge in [-0.2, -0.15) is 0 Å². The molecule has 20 heavy (non-hydrogen) atoms. The smallest absolute Gasteiger partial charge is 0.0810 e. The molecule has 0 fully saturated rings. The minimum atomic E-state index is 0.233. The lowest BCUT2D eigenvalue weighted by Crippen LogP contribution is -2.28. The standard InChI is InChI=1S/C16H25NO3/c1-17-16-14-7-4-3-6-13(14)12-15(16)20-9-5-8-19-11-10-18-2/h3-4,6-7,15-17H,5,8-12H2,1-2H3. The molecule has 1 aliphatic rings. The summed E-state index contributed by atoms with van der Waals surface area (Å²) in [5.74, 6) is 0. The Balaban J connectivity index is 1.69. The highest BCUT2D eigenvalue weighted by Crippen LogP contribution is 2.32. The van der Waals surface area contributed by atoms with Gasteiger partial charge in [-0.25, -0.2) is 0 Å². The number of fused-ring (bicyclic) bond motifs is 1. The van der Waals surface area contributed by atoms with Gasteiger partial charge < -0.3 is 19.5 Å². The third kappa shape index (κ3) is 4.03. The molecule has 0 saturated carbocycles. The van der Waals surface area contributed by atoms with Crippen molar-refractivity contribution in [3.05, 3.63) is 35.4 Å². The lowest BCUT2D eigenvalue weighted by molar-refractivity contribution is 0.0137. The molecule has 2 unspecified atom stereocenters. The third-order valence-electron chi connectivity index (χ3n) is 3.69. The van der Waals surface area contributed by atoms with E-state index < -0.39 is 0 Å². The van der Waals surface area contributed by atoms with Gasteiger partial charge in [0.25, 0.3) is 0 Å². The molecule has 0 aromatic heterocycles. The summed E-state index contributed by atoms with van der Waals surface area (Å²) >= 11 is 0. The number of hydrogen-bond acceptors (Lipinski definition) is 4. The number of ether oxygens (including phenoxy) is 3. The van der Waals surface area contributed by atoms with E-state index in [4.69, 9.17) is 14.2 Å². The first-order valence-electron chi connectivity index (χ1n) is 7.30. The van der Waals surface area contributed by atoms with Gasteiger partial charge in [-0.15, -0.1) is 0 Å². The summed E-state index contributed by atoms with van der Waals surface area (Å²) in [6.45, 7) is 2.78. The molecule has 1 N–H and O–H groups in total. The molecule has 0 spiro atoms. The predicted octanol–water partition coefficient (Wildman–Crippen LogP) is 1.94. The second kappa shape index (κ2) is 8.37. The fourth-order valence-corrected chi connectivity index (χ4v) is 2.69. The highest BCUT2D eigenvalue weighted by atomic mass is 16.5. The molecule has 0 amide bonds. The van der Waals surface area contributed by atoms with Crippen molar-refractivity contribution in [3.8, 4) is 0 Å². The molecule has 2 atom stereocenters. The highest BCUT2D eigenvalue weighted by Gasteiger charge is 2.31. The maximum absolute atomic E-state index is 6.02. The summed E-state index contributed by atoms with van der Waals surface area (Å²) in [5.41, 5.74) is 2.77. The van der Waals surface area contributed by atoms with E-state index in [1.807, 2.05) is 7.05 Å². The fourth-order valence-electron chi connectivity index (χ4n) is 2.69. The molecule has 4 heteroatoms. The minimum absolute atomic E-state index is 0.233. The largest absolute Gasteiger partial charge is 0.382 e. The Bertz CT molecular complexity index is 397. The van der Waals surface area contributed by atoms with Crippen molar-refractivity contribution in [3.63, 3.8) is 0 Å². The van der Waals surface area contributed by atoms with Gasteiger partial charge in [-0.1, -0.05) is 24.3 Å². The van der Waals surface area contributed by atoms with Gasteiger partial charge in [-0.05, 0) is 24.6 Å². The first-order chi connectivity index (χ1) is 9.86. The molecule has 0 saturated heterocycles. The van der Waals surface area contributed by atoms with E-state index in [2.05, 4.69) is 29.6 Å². The quantitative estimate of drug-likeness (QED) is 0.701. The van der Waals surface area contributed by atoms with Crippen molar-refractivity contribution in [2.75, 3.05) is 40.6 Å².